The largest absolute Gasteiger partial charge is 0.386 e. The number of anilines is 1. The molecule has 1 aliphatic rings. The fourth-order valence-electron chi connectivity index (χ4n) is 2.94. The number of amides is 1. The number of carbonyl (C=O) groups is 1. The third kappa shape index (κ3) is 3.73. The summed E-state index contributed by atoms with van der Waals surface area (Å²) in [5.41, 5.74) is -0.0833. The van der Waals surface area contributed by atoms with Gasteiger partial charge in [-0.1, -0.05) is 0 Å². The van der Waals surface area contributed by atoms with E-state index < -0.39 is 5.60 Å². The summed E-state index contributed by atoms with van der Waals surface area (Å²) in [5, 5.41) is 15.5. The molecular formula is C17H20FN3O2S. The van der Waals surface area contributed by atoms with E-state index in [0.29, 0.717) is 23.7 Å². The molecule has 1 saturated heterocycles. The van der Waals surface area contributed by atoms with Crippen LogP contribution in [-0.2, 0) is 0 Å². The maximum Gasteiger partial charge on any atom is 0.261 e. The lowest BCUT2D eigenvalue weighted by molar-refractivity contribution is 0.0255. The molecule has 24 heavy (non-hydrogen) atoms. The molecule has 7 heteroatoms. The smallest absolute Gasteiger partial charge is 0.261 e. The molecule has 2 N–H and O–H groups in total. The lowest BCUT2D eigenvalue weighted by atomic mass is 9.92. The SMILES string of the molecule is Cc1ccsc1C(=O)NC[C@@]1(O)CCCN(c2ccc(F)cn2)C1. The summed E-state index contributed by atoms with van der Waals surface area (Å²) >= 11 is 1.39. The number of hydrogen-bond acceptors (Lipinski definition) is 5. The number of aliphatic hydroxyl groups is 1. The highest BCUT2D eigenvalue weighted by molar-refractivity contribution is 7.12. The van der Waals surface area contributed by atoms with Crippen LogP contribution in [0.3, 0.4) is 0 Å². The zero-order valence-corrected chi connectivity index (χ0v) is 14.3. The first-order chi connectivity index (χ1) is 11.5. The summed E-state index contributed by atoms with van der Waals surface area (Å²) in [6, 6.07) is 4.86. The number of piperidine rings is 1. The monoisotopic (exact) mass is 349 g/mol. The van der Waals surface area contributed by atoms with Gasteiger partial charge < -0.3 is 15.3 Å². The average molecular weight is 349 g/mol. The molecule has 0 unspecified atom stereocenters. The number of β-amino-alcohol motifs (C(OH)–C–C–N with tert-alkyl or cyclic N) is 1. The highest BCUT2D eigenvalue weighted by Gasteiger charge is 2.34. The standard InChI is InChI=1S/C17H20FN3O2S/c1-12-5-8-24-15(12)16(22)20-10-17(23)6-2-7-21(11-17)14-4-3-13(18)9-19-14/h3-5,8-9,23H,2,6-7,10-11H2,1H3,(H,20,22)/t17-/m0/s1. The quantitative estimate of drug-likeness (QED) is 0.889. The minimum Gasteiger partial charge on any atom is -0.386 e. The molecule has 0 aliphatic carbocycles. The van der Waals surface area contributed by atoms with E-state index in [1.165, 1.54) is 23.6 Å². The van der Waals surface area contributed by atoms with Gasteiger partial charge >= 0.3 is 0 Å². The number of nitrogens with one attached hydrogen (secondary N) is 1. The van der Waals surface area contributed by atoms with Crippen LogP contribution in [0.4, 0.5) is 10.2 Å². The first kappa shape index (κ1) is 16.9. The van der Waals surface area contributed by atoms with Crippen LogP contribution in [0.5, 0.6) is 0 Å². The molecule has 3 heterocycles. The molecule has 0 saturated carbocycles. The van der Waals surface area contributed by atoms with E-state index in [-0.39, 0.29) is 18.3 Å². The van der Waals surface area contributed by atoms with Crippen molar-refractivity contribution in [1.29, 1.82) is 0 Å². The van der Waals surface area contributed by atoms with Crippen molar-refractivity contribution < 1.29 is 14.3 Å². The molecular weight excluding hydrogens is 329 g/mol. The number of thiophene rings is 1. The van der Waals surface area contributed by atoms with Gasteiger partial charge in [-0.25, -0.2) is 9.37 Å². The average Bonchev–Trinajstić information content (AvgIpc) is 3.00. The Morgan fingerprint density at radius 1 is 1.50 bits per heavy atom. The summed E-state index contributed by atoms with van der Waals surface area (Å²) in [7, 11) is 0. The highest BCUT2D eigenvalue weighted by atomic mass is 32.1. The number of nitrogens with zero attached hydrogens (tertiary/aromatic N) is 2. The summed E-state index contributed by atoms with van der Waals surface area (Å²) in [4.78, 5) is 18.9. The van der Waals surface area contributed by atoms with Crippen molar-refractivity contribution in [1.82, 2.24) is 10.3 Å². The minimum atomic E-state index is -1.02. The fourth-order valence-corrected chi connectivity index (χ4v) is 3.78. The van der Waals surface area contributed by atoms with Crippen LogP contribution < -0.4 is 10.2 Å². The first-order valence-corrected chi connectivity index (χ1v) is 8.76. The summed E-state index contributed by atoms with van der Waals surface area (Å²) < 4.78 is 13.0. The molecule has 128 valence electrons. The normalized spacial score (nSPS) is 20.9. The predicted octanol–water partition coefficient (Wildman–Crippen LogP) is 2.35. The van der Waals surface area contributed by atoms with Crippen LogP contribution >= 0.6 is 11.3 Å². The highest BCUT2D eigenvalue weighted by Crippen LogP contribution is 2.25. The molecule has 3 rings (SSSR count). The third-order valence-electron chi connectivity index (χ3n) is 4.24. The summed E-state index contributed by atoms with van der Waals surface area (Å²) in [6.45, 7) is 3.18. The number of aromatic nitrogens is 1. The molecule has 0 aromatic carbocycles. The van der Waals surface area contributed by atoms with Gasteiger partial charge in [0.15, 0.2) is 0 Å². The van der Waals surface area contributed by atoms with E-state index in [1.54, 1.807) is 6.07 Å². The fraction of sp³-hybridized carbons (Fsp3) is 0.412. The van der Waals surface area contributed by atoms with Crippen LogP contribution in [0.15, 0.2) is 29.8 Å². The van der Waals surface area contributed by atoms with E-state index in [4.69, 9.17) is 0 Å². The van der Waals surface area contributed by atoms with Gasteiger partial charge in [-0.15, -0.1) is 11.3 Å². The van der Waals surface area contributed by atoms with Crippen molar-refractivity contribution in [3.63, 3.8) is 0 Å². The first-order valence-electron chi connectivity index (χ1n) is 7.88. The number of hydrogen-bond donors (Lipinski definition) is 2. The van der Waals surface area contributed by atoms with E-state index in [0.717, 1.165) is 18.5 Å². The van der Waals surface area contributed by atoms with Gasteiger partial charge in [-0.05, 0) is 48.9 Å². The van der Waals surface area contributed by atoms with Crippen molar-refractivity contribution in [2.75, 3.05) is 24.5 Å². The molecule has 1 aliphatic heterocycles. The van der Waals surface area contributed by atoms with Crippen molar-refractivity contribution >= 4 is 23.1 Å². The Morgan fingerprint density at radius 2 is 2.33 bits per heavy atom. The second-order valence-corrected chi connectivity index (χ2v) is 7.12. The van der Waals surface area contributed by atoms with Crippen molar-refractivity contribution in [3.05, 3.63) is 46.0 Å². The summed E-state index contributed by atoms with van der Waals surface area (Å²) in [6.07, 6.45) is 2.56. The van der Waals surface area contributed by atoms with Crippen molar-refractivity contribution in [3.8, 4) is 0 Å². The zero-order valence-electron chi connectivity index (χ0n) is 13.5. The maximum absolute atomic E-state index is 13.0. The second kappa shape index (κ2) is 6.86. The van der Waals surface area contributed by atoms with E-state index >= 15 is 0 Å². The molecule has 1 atom stereocenters. The number of pyridine rings is 1. The number of carbonyl (C=O) groups excluding carboxylic acids is 1. The topological polar surface area (TPSA) is 65.5 Å². The number of halogens is 1. The lowest BCUT2D eigenvalue weighted by Crippen LogP contribution is -2.54. The van der Waals surface area contributed by atoms with Gasteiger partial charge in [0.1, 0.15) is 11.6 Å². The number of rotatable bonds is 4. The van der Waals surface area contributed by atoms with E-state index in [2.05, 4.69) is 10.3 Å². The van der Waals surface area contributed by atoms with E-state index in [9.17, 15) is 14.3 Å². The van der Waals surface area contributed by atoms with Gasteiger partial charge in [0, 0.05) is 19.6 Å². The Hall–Kier alpha value is -1.99. The molecule has 1 amide bonds. The summed E-state index contributed by atoms with van der Waals surface area (Å²) in [5.74, 6) is 0.0903. The van der Waals surface area contributed by atoms with Gasteiger partial charge in [0.2, 0.25) is 0 Å². The zero-order chi connectivity index (χ0) is 17.2. The molecule has 0 spiro atoms. The van der Waals surface area contributed by atoms with Crippen LogP contribution in [-0.4, -0.2) is 41.2 Å². The molecule has 1 fully saturated rings. The Kier molecular flexibility index (Phi) is 4.82. The minimum absolute atomic E-state index is 0.159. The Bertz CT molecular complexity index is 719. The molecule has 5 nitrogen and oxygen atoms in total. The van der Waals surface area contributed by atoms with Gasteiger partial charge in [0.25, 0.3) is 5.91 Å². The van der Waals surface area contributed by atoms with Crippen LogP contribution in [0, 0.1) is 12.7 Å². The van der Waals surface area contributed by atoms with Crippen LogP contribution in [0.2, 0.25) is 0 Å². The van der Waals surface area contributed by atoms with Gasteiger partial charge in [-0.2, -0.15) is 0 Å². The predicted molar refractivity (Wildman–Crippen MR) is 92.0 cm³/mol. The van der Waals surface area contributed by atoms with Gasteiger partial charge in [0.05, 0.1) is 16.7 Å². The maximum atomic E-state index is 13.0. The Labute approximate surface area is 144 Å². The molecule has 2 aromatic heterocycles. The molecule has 2 aromatic rings. The Morgan fingerprint density at radius 3 is 3.00 bits per heavy atom. The van der Waals surface area contributed by atoms with Crippen molar-refractivity contribution in [2.45, 2.75) is 25.4 Å². The Balaban J connectivity index is 1.63. The lowest BCUT2D eigenvalue weighted by Gasteiger charge is -2.39. The van der Waals surface area contributed by atoms with Crippen molar-refractivity contribution in [2.24, 2.45) is 0 Å². The third-order valence-corrected chi connectivity index (χ3v) is 5.25. The molecule has 0 bridgehead atoms. The van der Waals surface area contributed by atoms with Gasteiger partial charge in [-0.3, -0.25) is 4.79 Å². The second-order valence-electron chi connectivity index (χ2n) is 6.20. The van der Waals surface area contributed by atoms with Crippen LogP contribution in [0.1, 0.15) is 28.1 Å². The van der Waals surface area contributed by atoms with Crippen LogP contribution in [0.25, 0.3) is 0 Å². The number of aryl methyl sites for hydroxylation is 1. The van der Waals surface area contributed by atoms with E-state index in [1.807, 2.05) is 23.3 Å². The molecule has 0 radical (unpaired) electrons.